The summed E-state index contributed by atoms with van der Waals surface area (Å²) in [5, 5.41) is 3.36. The van der Waals surface area contributed by atoms with Crippen LogP contribution >= 0.6 is 11.8 Å². The average Bonchev–Trinajstić information content (AvgIpc) is 3.06. The van der Waals surface area contributed by atoms with E-state index in [2.05, 4.69) is 11.6 Å². The van der Waals surface area contributed by atoms with Gasteiger partial charge in [-0.3, -0.25) is 0 Å². The molecule has 1 aliphatic rings. The zero-order valence-corrected chi connectivity index (χ0v) is 11.7. The number of benzene rings is 1. The molecule has 1 N–H and O–H groups in total. The van der Waals surface area contributed by atoms with E-state index in [9.17, 15) is 8.42 Å². The molecule has 0 aromatic heterocycles. The standard InChI is InChI=1S/C12H17NO2S2/c1-16-12(7-8-12)9-13-10-3-5-11(6-4-10)17(2,14)15/h3-6,13H,7-9H2,1-2H3. The molecule has 0 bridgehead atoms. The number of sulfone groups is 1. The molecule has 5 heteroatoms. The van der Waals surface area contributed by atoms with Gasteiger partial charge in [0, 0.05) is 23.2 Å². The minimum atomic E-state index is -3.09. The predicted molar refractivity (Wildman–Crippen MR) is 73.5 cm³/mol. The summed E-state index contributed by atoms with van der Waals surface area (Å²) < 4.78 is 23.0. The number of anilines is 1. The molecule has 1 aromatic rings. The van der Waals surface area contributed by atoms with Crippen molar-refractivity contribution in [1.82, 2.24) is 0 Å². The van der Waals surface area contributed by atoms with Gasteiger partial charge in [0.1, 0.15) is 0 Å². The van der Waals surface area contributed by atoms with Gasteiger partial charge in [0.15, 0.2) is 9.84 Å². The molecule has 1 aliphatic carbocycles. The zero-order valence-electron chi connectivity index (χ0n) is 10.1. The van der Waals surface area contributed by atoms with Crippen molar-refractivity contribution in [2.75, 3.05) is 24.4 Å². The van der Waals surface area contributed by atoms with Crippen molar-refractivity contribution in [2.45, 2.75) is 22.5 Å². The van der Waals surface area contributed by atoms with Gasteiger partial charge in [-0.05, 0) is 43.4 Å². The second kappa shape index (κ2) is 4.53. The number of thioether (sulfide) groups is 1. The summed E-state index contributed by atoms with van der Waals surface area (Å²) in [5.74, 6) is 0. The Morgan fingerprint density at radius 2 is 1.88 bits per heavy atom. The largest absolute Gasteiger partial charge is 0.384 e. The van der Waals surface area contributed by atoms with E-state index in [1.165, 1.54) is 19.1 Å². The Labute approximate surface area is 107 Å². The van der Waals surface area contributed by atoms with Crippen LogP contribution in [-0.2, 0) is 9.84 Å². The predicted octanol–water partition coefficient (Wildman–Crippen LogP) is 2.40. The molecule has 0 aliphatic heterocycles. The van der Waals surface area contributed by atoms with E-state index in [0.29, 0.717) is 9.64 Å². The Bertz CT molecular complexity index is 490. The highest BCUT2D eigenvalue weighted by Crippen LogP contribution is 2.47. The monoisotopic (exact) mass is 271 g/mol. The number of hydrogen-bond acceptors (Lipinski definition) is 4. The van der Waals surface area contributed by atoms with Crippen LogP contribution in [0.1, 0.15) is 12.8 Å². The normalized spacial score (nSPS) is 17.8. The van der Waals surface area contributed by atoms with Crippen molar-refractivity contribution in [3.63, 3.8) is 0 Å². The summed E-state index contributed by atoms with van der Waals surface area (Å²) in [4.78, 5) is 0.369. The van der Waals surface area contributed by atoms with E-state index in [0.717, 1.165) is 12.2 Å². The molecule has 0 amide bonds. The van der Waals surface area contributed by atoms with Crippen molar-refractivity contribution in [1.29, 1.82) is 0 Å². The number of nitrogens with one attached hydrogen (secondary N) is 1. The summed E-state index contributed by atoms with van der Waals surface area (Å²) in [6.45, 7) is 0.951. The van der Waals surface area contributed by atoms with Gasteiger partial charge in [-0.1, -0.05) is 0 Å². The van der Waals surface area contributed by atoms with Gasteiger partial charge < -0.3 is 5.32 Å². The summed E-state index contributed by atoms with van der Waals surface area (Å²) in [6.07, 6.45) is 5.90. The fraction of sp³-hybridized carbons (Fsp3) is 0.500. The third-order valence-electron chi connectivity index (χ3n) is 3.14. The van der Waals surface area contributed by atoms with Crippen LogP contribution < -0.4 is 5.32 Å². The van der Waals surface area contributed by atoms with Gasteiger partial charge in [-0.15, -0.1) is 0 Å². The quantitative estimate of drug-likeness (QED) is 0.893. The molecule has 1 saturated carbocycles. The third-order valence-corrected chi connectivity index (χ3v) is 5.68. The second-order valence-electron chi connectivity index (χ2n) is 4.54. The first-order valence-corrected chi connectivity index (χ1v) is 8.66. The Kier molecular flexibility index (Phi) is 3.41. The van der Waals surface area contributed by atoms with E-state index in [4.69, 9.17) is 0 Å². The summed E-state index contributed by atoms with van der Waals surface area (Å²) in [5.41, 5.74) is 0.984. The average molecular weight is 271 g/mol. The summed E-state index contributed by atoms with van der Waals surface area (Å²) in [7, 11) is -3.09. The van der Waals surface area contributed by atoms with Crippen LogP contribution in [0.5, 0.6) is 0 Å². The lowest BCUT2D eigenvalue weighted by Gasteiger charge is -2.14. The minimum Gasteiger partial charge on any atom is -0.384 e. The summed E-state index contributed by atoms with van der Waals surface area (Å²) >= 11 is 1.91. The molecule has 1 fully saturated rings. The van der Waals surface area contributed by atoms with Crippen LogP contribution in [0.25, 0.3) is 0 Å². The maximum Gasteiger partial charge on any atom is 0.175 e. The Balaban J connectivity index is 1.99. The van der Waals surface area contributed by atoms with Crippen molar-refractivity contribution in [3.05, 3.63) is 24.3 Å². The van der Waals surface area contributed by atoms with Crippen molar-refractivity contribution in [2.24, 2.45) is 0 Å². The van der Waals surface area contributed by atoms with Crippen molar-refractivity contribution < 1.29 is 8.42 Å². The van der Waals surface area contributed by atoms with Gasteiger partial charge in [0.25, 0.3) is 0 Å². The minimum absolute atomic E-state index is 0.369. The van der Waals surface area contributed by atoms with Crippen LogP contribution in [0, 0.1) is 0 Å². The molecule has 2 rings (SSSR count). The lowest BCUT2D eigenvalue weighted by molar-refractivity contribution is 0.602. The van der Waals surface area contributed by atoms with E-state index in [1.807, 2.05) is 23.9 Å². The fourth-order valence-corrected chi connectivity index (χ4v) is 3.03. The number of hydrogen-bond donors (Lipinski definition) is 1. The molecule has 94 valence electrons. The van der Waals surface area contributed by atoms with E-state index in [1.54, 1.807) is 12.1 Å². The molecule has 0 unspecified atom stereocenters. The van der Waals surface area contributed by atoms with Crippen molar-refractivity contribution >= 4 is 27.3 Å². The topological polar surface area (TPSA) is 46.2 Å². The molecule has 0 saturated heterocycles. The van der Waals surface area contributed by atoms with Crippen LogP contribution in [0.15, 0.2) is 29.2 Å². The molecular weight excluding hydrogens is 254 g/mol. The molecular formula is C12H17NO2S2. The second-order valence-corrected chi connectivity index (χ2v) is 7.83. The molecule has 0 spiro atoms. The van der Waals surface area contributed by atoms with Gasteiger partial charge in [-0.25, -0.2) is 8.42 Å². The highest BCUT2D eigenvalue weighted by atomic mass is 32.2. The molecule has 17 heavy (non-hydrogen) atoms. The molecule has 3 nitrogen and oxygen atoms in total. The Hall–Kier alpha value is -0.680. The highest BCUT2D eigenvalue weighted by Gasteiger charge is 2.41. The molecule has 1 aromatic carbocycles. The lowest BCUT2D eigenvalue weighted by atomic mass is 10.3. The third kappa shape index (κ3) is 3.16. The van der Waals surface area contributed by atoms with Crippen LogP contribution in [0.4, 0.5) is 5.69 Å². The van der Waals surface area contributed by atoms with Crippen molar-refractivity contribution in [3.8, 4) is 0 Å². The van der Waals surface area contributed by atoms with Crippen LogP contribution in [0.3, 0.4) is 0 Å². The molecule has 0 radical (unpaired) electrons. The van der Waals surface area contributed by atoms with Crippen LogP contribution in [0.2, 0.25) is 0 Å². The fourth-order valence-electron chi connectivity index (χ4n) is 1.68. The van der Waals surface area contributed by atoms with Gasteiger partial charge in [0.05, 0.1) is 4.90 Å². The van der Waals surface area contributed by atoms with Crippen LogP contribution in [-0.4, -0.2) is 32.2 Å². The van der Waals surface area contributed by atoms with E-state index in [-0.39, 0.29) is 0 Å². The van der Waals surface area contributed by atoms with Gasteiger partial charge >= 0.3 is 0 Å². The van der Waals surface area contributed by atoms with Gasteiger partial charge in [0.2, 0.25) is 0 Å². The number of rotatable bonds is 5. The van der Waals surface area contributed by atoms with E-state index >= 15 is 0 Å². The first kappa shape index (κ1) is 12.8. The first-order valence-electron chi connectivity index (χ1n) is 5.54. The maximum atomic E-state index is 11.3. The Morgan fingerprint density at radius 3 is 2.29 bits per heavy atom. The smallest absolute Gasteiger partial charge is 0.175 e. The summed E-state index contributed by atoms with van der Waals surface area (Å²) in [6, 6.07) is 6.95. The first-order chi connectivity index (χ1) is 7.95. The molecule has 0 heterocycles. The lowest BCUT2D eigenvalue weighted by Crippen LogP contribution is -2.17. The molecule has 0 atom stereocenters. The zero-order chi connectivity index (χ0) is 12.5. The Morgan fingerprint density at radius 1 is 1.29 bits per heavy atom. The highest BCUT2D eigenvalue weighted by molar-refractivity contribution is 8.00. The SMILES string of the molecule is CSC1(CNc2ccc(S(C)(=O)=O)cc2)CC1. The van der Waals surface area contributed by atoms with E-state index < -0.39 is 9.84 Å². The maximum absolute atomic E-state index is 11.3. The van der Waals surface area contributed by atoms with Gasteiger partial charge in [-0.2, -0.15) is 11.8 Å².